The van der Waals surface area contributed by atoms with E-state index in [0.29, 0.717) is 5.92 Å². The number of aromatic nitrogens is 1. The monoisotopic (exact) mass is 332 g/mol. The molecule has 23 heavy (non-hydrogen) atoms. The molecule has 124 valence electrons. The summed E-state index contributed by atoms with van der Waals surface area (Å²) >= 11 is 1.62. The van der Waals surface area contributed by atoms with Crippen molar-refractivity contribution in [3.8, 4) is 0 Å². The Morgan fingerprint density at radius 2 is 2.26 bits per heavy atom. The van der Waals surface area contributed by atoms with Crippen LogP contribution in [-0.4, -0.2) is 23.6 Å². The van der Waals surface area contributed by atoms with Crippen LogP contribution in [0, 0.1) is 5.92 Å². The zero-order valence-electron chi connectivity index (χ0n) is 13.7. The van der Waals surface area contributed by atoms with Gasteiger partial charge < -0.3 is 10.1 Å². The standard InChI is InChI=1S/C18H24N2O2S/c1-12-5-3-4-6-16(12)22-10-18(21)20-13(2)14-7-8-15-17(9-14)23-11-19-15/h7-9,11-13,16H,3-6,10H2,1-2H3,(H,20,21). The average molecular weight is 332 g/mol. The highest BCUT2D eigenvalue weighted by atomic mass is 32.1. The minimum absolute atomic E-state index is 0.0265. The van der Waals surface area contributed by atoms with Crippen LogP contribution in [0.15, 0.2) is 23.7 Å². The maximum Gasteiger partial charge on any atom is 0.246 e. The Hall–Kier alpha value is -1.46. The summed E-state index contributed by atoms with van der Waals surface area (Å²) < 4.78 is 6.98. The topological polar surface area (TPSA) is 51.2 Å². The Morgan fingerprint density at radius 3 is 3.09 bits per heavy atom. The molecule has 4 nitrogen and oxygen atoms in total. The van der Waals surface area contributed by atoms with Gasteiger partial charge in [-0.3, -0.25) is 4.79 Å². The molecule has 0 radical (unpaired) electrons. The maximum absolute atomic E-state index is 12.1. The second kappa shape index (κ2) is 7.41. The van der Waals surface area contributed by atoms with E-state index in [9.17, 15) is 4.79 Å². The quantitative estimate of drug-likeness (QED) is 0.898. The van der Waals surface area contributed by atoms with Gasteiger partial charge in [-0.2, -0.15) is 0 Å². The van der Waals surface area contributed by atoms with E-state index in [1.165, 1.54) is 19.3 Å². The van der Waals surface area contributed by atoms with Crippen molar-refractivity contribution in [2.75, 3.05) is 6.61 Å². The molecular formula is C18H24N2O2S. The number of nitrogens with zero attached hydrogens (tertiary/aromatic N) is 1. The first-order valence-corrected chi connectivity index (χ1v) is 9.25. The summed E-state index contributed by atoms with van der Waals surface area (Å²) in [5.74, 6) is 0.516. The summed E-state index contributed by atoms with van der Waals surface area (Å²) in [6, 6.07) is 6.10. The van der Waals surface area contributed by atoms with Gasteiger partial charge in [-0.1, -0.05) is 25.8 Å². The van der Waals surface area contributed by atoms with E-state index in [-0.39, 0.29) is 24.7 Å². The fraction of sp³-hybridized carbons (Fsp3) is 0.556. The number of hydrogen-bond donors (Lipinski definition) is 1. The molecule has 1 saturated carbocycles. The van der Waals surface area contributed by atoms with E-state index in [1.54, 1.807) is 11.3 Å². The third kappa shape index (κ3) is 4.09. The average Bonchev–Trinajstić information content (AvgIpc) is 3.01. The van der Waals surface area contributed by atoms with E-state index in [2.05, 4.69) is 23.3 Å². The molecule has 1 fully saturated rings. The van der Waals surface area contributed by atoms with Crippen molar-refractivity contribution in [1.82, 2.24) is 10.3 Å². The van der Waals surface area contributed by atoms with Gasteiger partial charge in [0.1, 0.15) is 6.61 Å². The number of ether oxygens (including phenoxy) is 1. The first-order chi connectivity index (χ1) is 11.1. The minimum Gasteiger partial charge on any atom is -0.368 e. The van der Waals surface area contributed by atoms with E-state index in [4.69, 9.17) is 4.74 Å². The second-order valence-corrected chi connectivity index (χ2v) is 7.37. The number of thiazole rings is 1. The number of carbonyl (C=O) groups is 1. The largest absolute Gasteiger partial charge is 0.368 e. The first-order valence-electron chi connectivity index (χ1n) is 8.37. The van der Waals surface area contributed by atoms with Crippen molar-refractivity contribution in [2.45, 2.75) is 51.7 Å². The third-order valence-corrected chi connectivity index (χ3v) is 5.49. The number of carbonyl (C=O) groups excluding carboxylic acids is 1. The van der Waals surface area contributed by atoms with E-state index in [0.717, 1.165) is 22.2 Å². The molecule has 1 aliphatic rings. The van der Waals surface area contributed by atoms with Crippen molar-refractivity contribution < 1.29 is 9.53 Å². The molecular weight excluding hydrogens is 308 g/mol. The molecule has 0 bridgehead atoms. The smallest absolute Gasteiger partial charge is 0.246 e. The maximum atomic E-state index is 12.1. The molecule has 0 spiro atoms. The molecule has 1 aliphatic carbocycles. The Morgan fingerprint density at radius 1 is 1.43 bits per heavy atom. The van der Waals surface area contributed by atoms with Crippen molar-refractivity contribution in [2.24, 2.45) is 5.92 Å². The van der Waals surface area contributed by atoms with Gasteiger partial charge in [-0.15, -0.1) is 11.3 Å². The number of benzene rings is 1. The molecule has 1 amide bonds. The molecule has 0 aliphatic heterocycles. The van der Waals surface area contributed by atoms with Crippen molar-refractivity contribution in [3.05, 3.63) is 29.3 Å². The lowest BCUT2D eigenvalue weighted by Gasteiger charge is -2.28. The number of fused-ring (bicyclic) bond motifs is 1. The van der Waals surface area contributed by atoms with Crippen LogP contribution in [0.2, 0.25) is 0 Å². The molecule has 3 atom stereocenters. The van der Waals surface area contributed by atoms with Gasteiger partial charge in [-0.05, 0) is 43.4 Å². The van der Waals surface area contributed by atoms with Crippen LogP contribution in [0.1, 0.15) is 51.1 Å². The van der Waals surface area contributed by atoms with Crippen molar-refractivity contribution in [3.63, 3.8) is 0 Å². The molecule has 3 rings (SSSR count). The van der Waals surface area contributed by atoms with Gasteiger partial charge in [0.25, 0.3) is 0 Å². The fourth-order valence-electron chi connectivity index (χ4n) is 3.22. The summed E-state index contributed by atoms with van der Waals surface area (Å²) in [7, 11) is 0. The molecule has 3 unspecified atom stereocenters. The van der Waals surface area contributed by atoms with Gasteiger partial charge in [0.05, 0.1) is 27.9 Å². The van der Waals surface area contributed by atoms with Crippen LogP contribution in [0.25, 0.3) is 10.2 Å². The number of hydrogen-bond acceptors (Lipinski definition) is 4. The van der Waals surface area contributed by atoms with E-state index < -0.39 is 0 Å². The molecule has 1 heterocycles. The fourth-order valence-corrected chi connectivity index (χ4v) is 3.95. The highest BCUT2D eigenvalue weighted by molar-refractivity contribution is 7.16. The van der Waals surface area contributed by atoms with Crippen LogP contribution in [-0.2, 0) is 9.53 Å². The van der Waals surface area contributed by atoms with Crippen molar-refractivity contribution in [1.29, 1.82) is 0 Å². The zero-order valence-corrected chi connectivity index (χ0v) is 14.6. The van der Waals surface area contributed by atoms with E-state index >= 15 is 0 Å². The van der Waals surface area contributed by atoms with Gasteiger partial charge >= 0.3 is 0 Å². The summed E-state index contributed by atoms with van der Waals surface area (Å²) in [5, 5.41) is 3.03. The predicted molar refractivity (Wildman–Crippen MR) is 93.5 cm³/mol. The van der Waals surface area contributed by atoms with Gasteiger partial charge in [0.15, 0.2) is 0 Å². The number of amides is 1. The summed E-state index contributed by atoms with van der Waals surface area (Å²) in [5.41, 5.74) is 3.95. The molecule has 0 saturated heterocycles. The highest BCUT2D eigenvalue weighted by Gasteiger charge is 2.22. The van der Waals surface area contributed by atoms with Crippen LogP contribution in [0.4, 0.5) is 0 Å². The van der Waals surface area contributed by atoms with Gasteiger partial charge in [0.2, 0.25) is 5.91 Å². The summed E-state index contributed by atoms with van der Waals surface area (Å²) in [4.78, 5) is 16.4. The molecule has 1 aromatic heterocycles. The second-order valence-electron chi connectivity index (χ2n) is 6.48. The third-order valence-electron chi connectivity index (χ3n) is 4.69. The van der Waals surface area contributed by atoms with Gasteiger partial charge in [-0.25, -0.2) is 4.98 Å². The van der Waals surface area contributed by atoms with Crippen LogP contribution >= 0.6 is 11.3 Å². The first kappa shape index (κ1) is 16.4. The van der Waals surface area contributed by atoms with E-state index in [1.807, 2.05) is 24.6 Å². The lowest BCUT2D eigenvalue weighted by Crippen LogP contribution is -2.34. The molecule has 1 aromatic carbocycles. The summed E-state index contributed by atoms with van der Waals surface area (Å²) in [6.07, 6.45) is 5.01. The van der Waals surface area contributed by atoms with Crippen LogP contribution in [0.5, 0.6) is 0 Å². The molecule has 2 aromatic rings. The van der Waals surface area contributed by atoms with Crippen LogP contribution < -0.4 is 5.32 Å². The minimum atomic E-state index is -0.0420. The lowest BCUT2D eigenvalue weighted by molar-refractivity contribution is -0.130. The predicted octanol–water partition coefficient (Wildman–Crippen LogP) is 4.07. The van der Waals surface area contributed by atoms with Gasteiger partial charge in [0, 0.05) is 0 Å². The SMILES string of the molecule is CC(NC(=O)COC1CCCCC1C)c1ccc2ncsc2c1. The van der Waals surface area contributed by atoms with Crippen LogP contribution in [0.3, 0.4) is 0 Å². The molecule has 1 N–H and O–H groups in total. The zero-order chi connectivity index (χ0) is 16.2. The lowest BCUT2D eigenvalue weighted by atomic mass is 9.88. The Balaban J connectivity index is 1.52. The number of nitrogens with one attached hydrogen (secondary N) is 1. The Bertz CT molecular complexity index is 670. The highest BCUT2D eigenvalue weighted by Crippen LogP contribution is 2.26. The van der Waals surface area contributed by atoms with Crippen molar-refractivity contribution >= 4 is 27.5 Å². The summed E-state index contributed by atoms with van der Waals surface area (Å²) in [6.45, 7) is 4.38. The Kier molecular flexibility index (Phi) is 5.28. The normalized spacial score (nSPS) is 22.9. The molecule has 5 heteroatoms. The number of rotatable bonds is 5. The Labute approximate surface area is 141 Å².